The van der Waals surface area contributed by atoms with Crippen molar-refractivity contribution in [2.45, 2.75) is 6.61 Å². The van der Waals surface area contributed by atoms with Crippen LogP contribution in [-0.4, -0.2) is 31.3 Å². The number of ether oxygens (including phenoxy) is 1. The minimum Gasteiger partial charge on any atom is -0.484 e. The second kappa shape index (κ2) is 5.13. The van der Waals surface area contributed by atoms with Gasteiger partial charge in [0.05, 0.1) is 17.1 Å². The third-order valence-electron chi connectivity index (χ3n) is 2.09. The Morgan fingerprint density at radius 3 is 2.89 bits per heavy atom. The highest BCUT2D eigenvalue weighted by Gasteiger charge is 2.09. The largest absolute Gasteiger partial charge is 0.484 e. The van der Waals surface area contributed by atoms with E-state index in [9.17, 15) is 4.79 Å². The third-order valence-corrected chi connectivity index (χ3v) is 2.71. The smallest absolute Gasteiger partial charge is 0.335 e. The fourth-order valence-corrected chi connectivity index (χ4v) is 1.77. The summed E-state index contributed by atoms with van der Waals surface area (Å²) in [7, 11) is 1.66. The molecule has 0 spiro atoms. The molecule has 0 unspecified atom stereocenters. The molecule has 0 saturated carbocycles. The molecule has 1 aromatic heterocycles. The van der Waals surface area contributed by atoms with Crippen molar-refractivity contribution in [2.75, 3.05) is 0 Å². The molecule has 1 N–H and O–H groups in total. The molecule has 0 atom stereocenters. The van der Waals surface area contributed by atoms with Crippen LogP contribution >= 0.6 is 15.9 Å². The van der Waals surface area contributed by atoms with Gasteiger partial charge in [-0.2, -0.15) is 4.80 Å². The van der Waals surface area contributed by atoms with Crippen LogP contribution in [0.1, 0.15) is 16.2 Å². The summed E-state index contributed by atoms with van der Waals surface area (Å²) in [5.41, 5.74) is 0.187. The fraction of sp³-hybridized carbons (Fsp3) is 0.200. The van der Waals surface area contributed by atoms with Crippen molar-refractivity contribution in [2.24, 2.45) is 7.05 Å². The van der Waals surface area contributed by atoms with Crippen LogP contribution in [-0.2, 0) is 13.7 Å². The minimum atomic E-state index is -0.988. The zero-order chi connectivity index (χ0) is 13.1. The Hall–Kier alpha value is -1.96. The van der Waals surface area contributed by atoms with Crippen LogP contribution in [0.25, 0.3) is 0 Å². The van der Waals surface area contributed by atoms with Gasteiger partial charge in [-0.1, -0.05) is 0 Å². The molecule has 0 bridgehead atoms. The average Bonchev–Trinajstić information content (AvgIpc) is 2.73. The topological polar surface area (TPSA) is 90.1 Å². The van der Waals surface area contributed by atoms with Gasteiger partial charge in [-0.25, -0.2) is 4.79 Å². The van der Waals surface area contributed by atoms with E-state index in [-0.39, 0.29) is 12.2 Å². The van der Waals surface area contributed by atoms with Gasteiger partial charge in [0.25, 0.3) is 0 Å². The lowest BCUT2D eigenvalue weighted by molar-refractivity contribution is 0.0696. The lowest BCUT2D eigenvalue weighted by atomic mass is 10.2. The summed E-state index contributed by atoms with van der Waals surface area (Å²) in [6.45, 7) is 0.166. The van der Waals surface area contributed by atoms with Crippen LogP contribution in [0.5, 0.6) is 5.75 Å². The Morgan fingerprint density at radius 2 is 2.33 bits per heavy atom. The first-order chi connectivity index (χ1) is 8.56. The average molecular weight is 313 g/mol. The van der Waals surface area contributed by atoms with Crippen LogP contribution in [0.3, 0.4) is 0 Å². The van der Waals surface area contributed by atoms with Gasteiger partial charge < -0.3 is 9.84 Å². The maximum Gasteiger partial charge on any atom is 0.335 e. The molecule has 0 aliphatic carbocycles. The Kier molecular flexibility index (Phi) is 3.56. The van der Waals surface area contributed by atoms with Crippen LogP contribution in [0.4, 0.5) is 0 Å². The van der Waals surface area contributed by atoms with Gasteiger partial charge in [-0.15, -0.1) is 10.2 Å². The Bertz CT molecular complexity index is 584. The number of tetrazole rings is 1. The number of carbonyl (C=O) groups is 1. The summed E-state index contributed by atoms with van der Waals surface area (Å²) in [6.07, 6.45) is 0. The quantitative estimate of drug-likeness (QED) is 0.913. The van der Waals surface area contributed by atoms with Crippen molar-refractivity contribution in [3.63, 3.8) is 0 Å². The summed E-state index contributed by atoms with van der Waals surface area (Å²) >= 11 is 3.24. The molecule has 0 amide bonds. The molecular formula is C10H9BrN4O3. The summed E-state index contributed by atoms with van der Waals surface area (Å²) in [6, 6.07) is 4.51. The van der Waals surface area contributed by atoms with Crippen molar-refractivity contribution in [1.82, 2.24) is 20.2 Å². The molecule has 8 heteroatoms. The maximum absolute atomic E-state index is 10.8. The first-order valence-electron chi connectivity index (χ1n) is 4.95. The Balaban J connectivity index is 2.08. The molecule has 1 aromatic carbocycles. The maximum atomic E-state index is 10.8. The molecule has 0 radical (unpaired) electrons. The SMILES string of the molecule is Cn1nnc(COc2ccc(C(=O)O)cc2Br)n1. The summed E-state index contributed by atoms with van der Waals surface area (Å²) in [5, 5.41) is 20.2. The van der Waals surface area contributed by atoms with Crippen LogP contribution in [0.2, 0.25) is 0 Å². The predicted octanol–water partition coefficient (Wildman–Crippen LogP) is 1.25. The van der Waals surface area contributed by atoms with Gasteiger partial charge in [0.2, 0.25) is 5.82 Å². The van der Waals surface area contributed by atoms with E-state index in [1.807, 2.05) is 0 Å². The van der Waals surface area contributed by atoms with Gasteiger partial charge in [0, 0.05) is 0 Å². The molecule has 7 nitrogen and oxygen atoms in total. The molecule has 2 rings (SSSR count). The molecule has 0 aliphatic heterocycles. The van der Waals surface area contributed by atoms with E-state index in [1.54, 1.807) is 13.1 Å². The molecule has 0 saturated heterocycles. The molecule has 18 heavy (non-hydrogen) atoms. The number of aromatic nitrogens is 4. The summed E-state index contributed by atoms with van der Waals surface area (Å²) in [4.78, 5) is 12.1. The van der Waals surface area contributed by atoms with Gasteiger partial charge in [0.15, 0.2) is 6.61 Å². The van der Waals surface area contributed by atoms with E-state index in [0.717, 1.165) is 0 Å². The molecular weight excluding hydrogens is 304 g/mol. The number of rotatable bonds is 4. The summed E-state index contributed by atoms with van der Waals surface area (Å²) in [5.74, 6) is -0.0167. The van der Waals surface area contributed by atoms with E-state index in [4.69, 9.17) is 9.84 Å². The lowest BCUT2D eigenvalue weighted by Crippen LogP contribution is -2.01. The van der Waals surface area contributed by atoms with Gasteiger partial charge >= 0.3 is 5.97 Å². The number of aromatic carboxylic acids is 1. The minimum absolute atomic E-state index is 0.166. The summed E-state index contributed by atoms with van der Waals surface area (Å²) < 4.78 is 6.01. The zero-order valence-corrected chi connectivity index (χ0v) is 11.0. The van der Waals surface area contributed by atoms with Gasteiger partial charge in [0.1, 0.15) is 5.75 Å². The first-order valence-corrected chi connectivity index (χ1v) is 5.74. The number of hydrogen-bond donors (Lipinski definition) is 1. The number of hydrogen-bond acceptors (Lipinski definition) is 5. The number of carboxylic acids is 1. The molecule has 0 fully saturated rings. The molecule has 94 valence electrons. The Labute approximate surface area is 111 Å². The van der Waals surface area contributed by atoms with E-state index in [1.165, 1.54) is 16.9 Å². The second-order valence-corrected chi connectivity index (χ2v) is 4.29. The number of carboxylic acid groups (broad SMARTS) is 1. The second-order valence-electron chi connectivity index (χ2n) is 3.43. The van der Waals surface area contributed by atoms with E-state index < -0.39 is 5.97 Å². The number of nitrogens with zero attached hydrogens (tertiary/aromatic N) is 4. The van der Waals surface area contributed by atoms with Crippen LogP contribution in [0.15, 0.2) is 22.7 Å². The number of benzene rings is 1. The van der Waals surface area contributed by atoms with Crippen molar-refractivity contribution in [3.8, 4) is 5.75 Å². The Morgan fingerprint density at radius 1 is 1.56 bits per heavy atom. The highest BCUT2D eigenvalue weighted by atomic mass is 79.9. The molecule has 0 aliphatic rings. The van der Waals surface area contributed by atoms with E-state index in [2.05, 4.69) is 31.3 Å². The van der Waals surface area contributed by atoms with Crippen LogP contribution in [0, 0.1) is 0 Å². The van der Waals surface area contributed by atoms with Crippen molar-refractivity contribution in [3.05, 3.63) is 34.1 Å². The number of aryl methyl sites for hydroxylation is 1. The lowest BCUT2D eigenvalue weighted by Gasteiger charge is -2.06. The van der Waals surface area contributed by atoms with Crippen LogP contribution < -0.4 is 4.74 Å². The predicted molar refractivity (Wildman–Crippen MR) is 64.2 cm³/mol. The normalized spacial score (nSPS) is 10.3. The van der Waals surface area contributed by atoms with Crippen molar-refractivity contribution in [1.29, 1.82) is 0 Å². The van der Waals surface area contributed by atoms with Crippen molar-refractivity contribution < 1.29 is 14.6 Å². The number of halogens is 1. The molecule has 1 heterocycles. The van der Waals surface area contributed by atoms with E-state index in [0.29, 0.717) is 16.0 Å². The fourth-order valence-electron chi connectivity index (χ4n) is 1.27. The van der Waals surface area contributed by atoms with Gasteiger partial charge in [-0.3, -0.25) is 0 Å². The highest BCUT2D eigenvalue weighted by Crippen LogP contribution is 2.26. The monoisotopic (exact) mass is 312 g/mol. The highest BCUT2D eigenvalue weighted by molar-refractivity contribution is 9.10. The van der Waals surface area contributed by atoms with Crippen molar-refractivity contribution >= 4 is 21.9 Å². The van der Waals surface area contributed by atoms with Gasteiger partial charge in [-0.05, 0) is 39.3 Å². The molecule has 2 aromatic rings. The third kappa shape index (κ3) is 2.83. The first kappa shape index (κ1) is 12.5. The zero-order valence-electron chi connectivity index (χ0n) is 9.37. The van der Waals surface area contributed by atoms with E-state index >= 15 is 0 Å². The standard InChI is InChI=1S/C10H9BrN4O3/c1-15-13-9(12-14-15)5-18-8-3-2-6(10(16)17)4-7(8)11/h2-4H,5H2,1H3,(H,16,17).